The molecule has 0 bridgehead atoms. The summed E-state index contributed by atoms with van der Waals surface area (Å²) in [6.45, 7) is 3.43. The molecule has 22 heavy (non-hydrogen) atoms. The Bertz CT molecular complexity index is 816. The van der Waals surface area contributed by atoms with Crippen LogP contribution in [-0.4, -0.2) is 31.3 Å². The minimum Gasteiger partial charge on any atom is -0.361 e. The van der Waals surface area contributed by atoms with Crippen LogP contribution in [0.3, 0.4) is 0 Å². The number of rotatable bonds is 3. The van der Waals surface area contributed by atoms with Gasteiger partial charge >= 0.3 is 0 Å². The van der Waals surface area contributed by atoms with Gasteiger partial charge < -0.3 is 9.84 Å². The highest BCUT2D eigenvalue weighted by molar-refractivity contribution is 6.05. The molecule has 112 valence electrons. The average Bonchev–Trinajstić information content (AvgIpc) is 3.05. The molecule has 1 aromatic carbocycles. The molecular weight excluding hydrogens is 284 g/mol. The predicted molar refractivity (Wildman–Crippen MR) is 78.2 cm³/mol. The van der Waals surface area contributed by atoms with Crippen molar-refractivity contribution in [3.8, 4) is 11.4 Å². The van der Waals surface area contributed by atoms with Crippen molar-refractivity contribution < 1.29 is 9.32 Å². The fraction of sp³-hybridized carbons (Fsp3) is 0.214. The number of hydrogen-bond donors (Lipinski definition) is 1. The van der Waals surface area contributed by atoms with Gasteiger partial charge in [0.1, 0.15) is 11.3 Å². The zero-order valence-corrected chi connectivity index (χ0v) is 12.4. The Morgan fingerprint density at radius 2 is 2.14 bits per heavy atom. The van der Waals surface area contributed by atoms with Gasteiger partial charge in [0.15, 0.2) is 5.82 Å². The summed E-state index contributed by atoms with van der Waals surface area (Å²) in [5, 5.41) is 18.0. The van der Waals surface area contributed by atoms with Crippen molar-refractivity contribution in [2.45, 2.75) is 13.8 Å². The van der Waals surface area contributed by atoms with Gasteiger partial charge in [-0.05, 0) is 36.4 Å². The Kier molecular flexibility index (Phi) is 3.42. The van der Waals surface area contributed by atoms with Gasteiger partial charge in [-0.15, -0.1) is 5.10 Å². The topological polar surface area (TPSA) is 98.7 Å². The molecule has 0 spiro atoms. The number of nitrogens with one attached hydrogen (secondary N) is 1. The predicted octanol–water partition coefficient (Wildman–Crippen LogP) is 1.73. The van der Waals surface area contributed by atoms with Crippen LogP contribution in [-0.2, 0) is 7.05 Å². The molecule has 8 heteroatoms. The van der Waals surface area contributed by atoms with Crippen LogP contribution in [0.4, 0.5) is 5.69 Å². The molecule has 8 nitrogen and oxygen atoms in total. The Balaban J connectivity index is 1.88. The number of hydrogen-bond acceptors (Lipinski definition) is 6. The summed E-state index contributed by atoms with van der Waals surface area (Å²) < 4.78 is 6.58. The first-order valence-corrected chi connectivity index (χ1v) is 6.63. The Hall–Kier alpha value is -3.03. The van der Waals surface area contributed by atoms with Crippen LogP contribution >= 0.6 is 0 Å². The molecule has 2 heterocycles. The summed E-state index contributed by atoms with van der Waals surface area (Å²) in [5.41, 5.74) is 2.46. The number of anilines is 1. The summed E-state index contributed by atoms with van der Waals surface area (Å²) >= 11 is 0. The minimum atomic E-state index is -0.260. The van der Waals surface area contributed by atoms with E-state index in [1.165, 1.54) is 0 Å². The van der Waals surface area contributed by atoms with Crippen LogP contribution in [0.25, 0.3) is 11.4 Å². The maximum atomic E-state index is 12.3. The fourth-order valence-corrected chi connectivity index (χ4v) is 2.21. The van der Waals surface area contributed by atoms with Gasteiger partial charge in [0.2, 0.25) is 0 Å². The standard InChI is InChI=1S/C14H14N6O2/c1-8-12(9(2)22-17-8)14(21)15-11-6-4-5-10(7-11)13-16-18-19-20(13)3/h4-7H,1-3H3,(H,15,21). The number of amides is 1. The second-order valence-corrected chi connectivity index (χ2v) is 4.86. The lowest BCUT2D eigenvalue weighted by atomic mass is 10.1. The van der Waals surface area contributed by atoms with Gasteiger partial charge in [0, 0.05) is 18.3 Å². The lowest BCUT2D eigenvalue weighted by Gasteiger charge is -2.06. The van der Waals surface area contributed by atoms with Crippen molar-refractivity contribution in [3.63, 3.8) is 0 Å². The molecular formula is C14H14N6O2. The molecule has 3 aromatic rings. The molecule has 0 aliphatic rings. The normalized spacial score (nSPS) is 10.7. The van der Waals surface area contributed by atoms with Crippen molar-refractivity contribution >= 4 is 11.6 Å². The van der Waals surface area contributed by atoms with Gasteiger partial charge in [0.05, 0.1) is 5.69 Å². The summed E-state index contributed by atoms with van der Waals surface area (Å²) in [5.74, 6) is 0.849. The van der Waals surface area contributed by atoms with E-state index in [0.29, 0.717) is 28.5 Å². The molecule has 0 radical (unpaired) electrons. The molecule has 2 aromatic heterocycles. The number of nitrogens with zero attached hydrogens (tertiary/aromatic N) is 5. The van der Waals surface area contributed by atoms with E-state index in [4.69, 9.17) is 4.52 Å². The number of carbonyl (C=O) groups excluding carboxylic acids is 1. The van der Waals surface area contributed by atoms with E-state index in [1.807, 2.05) is 18.2 Å². The minimum absolute atomic E-state index is 0.260. The first-order chi connectivity index (χ1) is 10.6. The molecule has 0 atom stereocenters. The van der Waals surface area contributed by atoms with E-state index in [1.54, 1.807) is 31.6 Å². The van der Waals surface area contributed by atoms with Crippen molar-refractivity contribution in [3.05, 3.63) is 41.3 Å². The van der Waals surface area contributed by atoms with Crippen molar-refractivity contribution in [1.82, 2.24) is 25.4 Å². The van der Waals surface area contributed by atoms with Gasteiger partial charge in [-0.25, -0.2) is 4.68 Å². The molecule has 1 amide bonds. The number of benzene rings is 1. The van der Waals surface area contributed by atoms with Crippen molar-refractivity contribution in [2.75, 3.05) is 5.32 Å². The number of tetrazole rings is 1. The van der Waals surface area contributed by atoms with Crippen LogP contribution in [0.2, 0.25) is 0 Å². The van der Waals surface area contributed by atoms with Crippen LogP contribution in [0.1, 0.15) is 21.8 Å². The van der Waals surface area contributed by atoms with E-state index in [2.05, 4.69) is 26.0 Å². The molecule has 0 unspecified atom stereocenters. The van der Waals surface area contributed by atoms with Gasteiger partial charge in [-0.2, -0.15) is 0 Å². The summed E-state index contributed by atoms with van der Waals surface area (Å²) in [6, 6.07) is 7.30. The van der Waals surface area contributed by atoms with Gasteiger partial charge in [-0.1, -0.05) is 17.3 Å². The van der Waals surface area contributed by atoms with Gasteiger partial charge in [0.25, 0.3) is 5.91 Å². The van der Waals surface area contributed by atoms with Crippen LogP contribution < -0.4 is 5.32 Å². The highest BCUT2D eigenvalue weighted by Crippen LogP contribution is 2.21. The first-order valence-electron chi connectivity index (χ1n) is 6.63. The maximum absolute atomic E-state index is 12.3. The molecule has 0 saturated carbocycles. The number of aromatic nitrogens is 5. The quantitative estimate of drug-likeness (QED) is 0.790. The zero-order valence-electron chi connectivity index (χ0n) is 12.4. The highest BCUT2D eigenvalue weighted by Gasteiger charge is 2.17. The van der Waals surface area contributed by atoms with Crippen molar-refractivity contribution in [1.29, 1.82) is 0 Å². The van der Waals surface area contributed by atoms with E-state index >= 15 is 0 Å². The second kappa shape index (κ2) is 5.40. The summed E-state index contributed by atoms with van der Waals surface area (Å²) in [7, 11) is 1.75. The molecule has 0 saturated heterocycles. The summed E-state index contributed by atoms with van der Waals surface area (Å²) in [6.07, 6.45) is 0. The van der Waals surface area contributed by atoms with Crippen LogP contribution in [0, 0.1) is 13.8 Å². The smallest absolute Gasteiger partial charge is 0.261 e. The Morgan fingerprint density at radius 1 is 1.32 bits per heavy atom. The van der Waals surface area contributed by atoms with Gasteiger partial charge in [-0.3, -0.25) is 4.79 Å². The van der Waals surface area contributed by atoms with Crippen LogP contribution in [0.15, 0.2) is 28.8 Å². The first kappa shape index (κ1) is 13.9. The second-order valence-electron chi connectivity index (χ2n) is 4.86. The third kappa shape index (κ3) is 2.46. The maximum Gasteiger partial charge on any atom is 0.261 e. The summed E-state index contributed by atoms with van der Waals surface area (Å²) in [4.78, 5) is 12.3. The Morgan fingerprint density at radius 3 is 2.77 bits per heavy atom. The number of aryl methyl sites for hydroxylation is 3. The van der Waals surface area contributed by atoms with E-state index in [9.17, 15) is 4.79 Å². The van der Waals surface area contributed by atoms with E-state index < -0.39 is 0 Å². The fourth-order valence-electron chi connectivity index (χ4n) is 2.21. The molecule has 0 aliphatic carbocycles. The molecule has 0 fully saturated rings. The third-order valence-corrected chi connectivity index (χ3v) is 3.26. The lowest BCUT2D eigenvalue weighted by molar-refractivity contribution is 0.102. The lowest BCUT2D eigenvalue weighted by Crippen LogP contribution is -2.13. The SMILES string of the molecule is Cc1noc(C)c1C(=O)Nc1cccc(-c2nnnn2C)c1. The van der Waals surface area contributed by atoms with Crippen LogP contribution in [0.5, 0.6) is 0 Å². The monoisotopic (exact) mass is 298 g/mol. The molecule has 1 N–H and O–H groups in total. The zero-order chi connectivity index (χ0) is 15.7. The largest absolute Gasteiger partial charge is 0.361 e. The highest BCUT2D eigenvalue weighted by atomic mass is 16.5. The average molecular weight is 298 g/mol. The van der Waals surface area contributed by atoms with Crippen molar-refractivity contribution in [2.24, 2.45) is 7.05 Å². The third-order valence-electron chi connectivity index (χ3n) is 3.26. The number of carbonyl (C=O) groups is 1. The van der Waals surface area contributed by atoms with E-state index in [-0.39, 0.29) is 5.91 Å². The van der Waals surface area contributed by atoms with E-state index in [0.717, 1.165) is 5.56 Å². The molecule has 0 aliphatic heterocycles. The Labute approximate surface area is 126 Å². The molecule has 3 rings (SSSR count).